The van der Waals surface area contributed by atoms with Gasteiger partial charge in [-0.2, -0.15) is 0 Å². The minimum Gasteiger partial charge on any atom is -0.311 e. The fourth-order valence-electron chi connectivity index (χ4n) is 3.44. The van der Waals surface area contributed by atoms with Crippen LogP contribution in [0, 0.1) is 26.7 Å². The van der Waals surface area contributed by atoms with Gasteiger partial charge in [0.1, 0.15) is 0 Å². The summed E-state index contributed by atoms with van der Waals surface area (Å²) in [6.07, 6.45) is 2.51. The molecule has 0 aliphatic rings. The topological polar surface area (TPSA) is 15.3 Å². The van der Waals surface area contributed by atoms with Gasteiger partial charge in [-0.3, -0.25) is 0 Å². The van der Waals surface area contributed by atoms with E-state index >= 15 is 0 Å². The molecule has 120 valence electrons. The molecule has 0 aromatic heterocycles. The lowest BCUT2D eigenvalue weighted by Crippen LogP contribution is -2.43. The van der Waals surface area contributed by atoms with Gasteiger partial charge >= 0.3 is 0 Å². The van der Waals surface area contributed by atoms with E-state index in [4.69, 9.17) is 0 Å². The molecule has 1 aromatic rings. The van der Waals surface area contributed by atoms with Crippen LogP contribution in [0.25, 0.3) is 0 Å². The summed E-state index contributed by atoms with van der Waals surface area (Å²) < 4.78 is 0. The van der Waals surface area contributed by atoms with Crippen LogP contribution in [0.15, 0.2) is 12.1 Å². The average Bonchev–Trinajstić information content (AvgIpc) is 2.40. The number of nitrogens with zero attached hydrogens (tertiary/aromatic N) is 1. The van der Waals surface area contributed by atoms with Gasteiger partial charge in [-0.15, -0.1) is 0 Å². The van der Waals surface area contributed by atoms with Gasteiger partial charge in [-0.1, -0.05) is 44.4 Å². The Morgan fingerprint density at radius 2 is 1.52 bits per heavy atom. The largest absolute Gasteiger partial charge is 0.311 e. The molecular weight excluding hydrogens is 256 g/mol. The fraction of sp³-hybridized carbons (Fsp3) is 0.684. The second-order valence-corrected chi connectivity index (χ2v) is 6.62. The lowest BCUT2D eigenvalue weighted by atomic mass is 9.93. The van der Waals surface area contributed by atoms with Crippen molar-refractivity contribution in [2.45, 2.75) is 60.0 Å². The summed E-state index contributed by atoms with van der Waals surface area (Å²) in [5, 5.41) is 3.69. The Bertz CT molecular complexity index is 410. The highest BCUT2D eigenvalue weighted by Gasteiger charge is 2.20. The Morgan fingerprint density at radius 1 is 1.00 bits per heavy atom. The van der Waals surface area contributed by atoms with Crippen molar-refractivity contribution in [3.05, 3.63) is 34.4 Å². The third-order valence-corrected chi connectivity index (χ3v) is 4.75. The van der Waals surface area contributed by atoms with Crippen molar-refractivity contribution in [2.24, 2.45) is 5.92 Å². The van der Waals surface area contributed by atoms with Gasteiger partial charge in [-0.25, -0.2) is 0 Å². The second-order valence-electron chi connectivity index (χ2n) is 6.62. The minimum atomic E-state index is 0.617. The maximum Gasteiger partial charge on any atom is 0.0242 e. The van der Waals surface area contributed by atoms with Gasteiger partial charge in [0, 0.05) is 19.1 Å². The minimum absolute atomic E-state index is 0.617. The maximum absolute atomic E-state index is 3.69. The van der Waals surface area contributed by atoms with E-state index in [0.29, 0.717) is 6.04 Å². The van der Waals surface area contributed by atoms with Crippen LogP contribution < -0.4 is 5.32 Å². The number of benzene rings is 1. The first-order valence-corrected chi connectivity index (χ1v) is 8.34. The molecule has 0 saturated carbocycles. The number of aryl methyl sites for hydroxylation is 3. The molecule has 1 rings (SSSR count). The second kappa shape index (κ2) is 8.55. The first-order chi connectivity index (χ1) is 9.90. The van der Waals surface area contributed by atoms with Crippen LogP contribution in [0.1, 0.15) is 48.9 Å². The molecule has 0 heterocycles. The SMILES string of the molecule is CCC(CC)C(CNCc1c(C)cc(C)cc1C)N(C)C. The zero-order valence-corrected chi connectivity index (χ0v) is 15.1. The van der Waals surface area contributed by atoms with E-state index in [9.17, 15) is 0 Å². The number of likely N-dealkylation sites (N-methyl/N-ethyl adjacent to an activating group) is 1. The van der Waals surface area contributed by atoms with E-state index in [-0.39, 0.29) is 0 Å². The monoisotopic (exact) mass is 290 g/mol. The molecule has 1 unspecified atom stereocenters. The number of hydrogen-bond donors (Lipinski definition) is 1. The maximum atomic E-state index is 3.69. The van der Waals surface area contributed by atoms with E-state index in [1.807, 2.05) is 0 Å². The van der Waals surface area contributed by atoms with Gasteiger partial charge in [0.05, 0.1) is 0 Å². The Morgan fingerprint density at radius 3 is 1.95 bits per heavy atom. The average molecular weight is 290 g/mol. The van der Waals surface area contributed by atoms with Crippen LogP contribution in [-0.4, -0.2) is 31.6 Å². The van der Waals surface area contributed by atoms with Crippen molar-refractivity contribution in [2.75, 3.05) is 20.6 Å². The van der Waals surface area contributed by atoms with E-state index in [2.05, 4.69) is 71.1 Å². The van der Waals surface area contributed by atoms with E-state index in [0.717, 1.165) is 19.0 Å². The quantitative estimate of drug-likeness (QED) is 0.776. The molecule has 0 fully saturated rings. The van der Waals surface area contributed by atoms with Crippen molar-refractivity contribution in [3.63, 3.8) is 0 Å². The molecule has 0 saturated heterocycles. The molecule has 0 aliphatic carbocycles. The number of rotatable bonds is 8. The lowest BCUT2D eigenvalue weighted by molar-refractivity contribution is 0.194. The molecule has 0 spiro atoms. The first kappa shape index (κ1) is 18.2. The van der Waals surface area contributed by atoms with Crippen molar-refractivity contribution >= 4 is 0 Å². The molecule has 1 aromatic carbocycles. The van der Waals surface area contributed by atoms with Crippen LogP contribution in [-0.2, 0) is 6.54 Å². The summed E-state index contributed by atoms with van der Waals surface area (Å²) in [5.41, 5.74) is 5.63. The zero-order valence-electron chi connectivity index (χ0n) is 15.1. The van der Waals surface area contributed by atoms with Crippen molar-refractivity contribution in [3.8, 4) is 0 Å². The lowest BCUT2D eigenvalue weighted by Gasteiger charge is -2.31. The van der Waals surface area contributed by atoms with Gasteiger partial charge in [0.25, 0.3) is 0 Å². The van der Waals surface area contributed by atoms with E-state index in [1.54, 1.807) is 0 Å². The molecular formula is C19H34N2. The third-order valence-electron chi connectivity index (χ3n) is 4.75. The van der Waals surface area contributed by atoms with Gasteiger partial charge in [-0.05, 0) is 57.5 Å². The molecule has 2 heteroatoms. The van der Waals surface area contributed by atoms with Crippen molar-refractivity contribution in [1.29, 1.82) is 0 Å². The van der Waals surface area contributed by atoms with Crippen molar-refractivity contribution < 1.29 is 0 Å². The number of hydrogen-bond acceptors (Lipinski definition) is 2. The Hall–Kier alpha value is -0.860. The summed E-state index contributed by atoms with van der Waals surface area (Å²) in [7, 11) is 4.40. The predicted octanol–water partition coefficient (Wildman–Crippen LogP) is 4.07. The molecule has 1 atom stereocenters. The predicted molar refractivity (Wildman–Crippen MR) is 93.9 cm³/mol. The Balaban J connectivity index is 2.67. The van der Waals surface area contributed by atoms with Crippen molar-refractivity contribution in [1.82, 2.24) is 10.2 Å². The van der Waals surface area contributed by atoms with Gasteiger partial charge in [0.15, 0.2) is 0 Å². The highest BCUT2D eigenvalue weighted by Crippen LogP contribution is 2.18. The number of nitrogens with one attached hydrogen (secondary N) is 1. The highest BCUT2D eigenvalue weighted by atomic mass is 15.1. The van der Waals surface area contributed by atoms with E-state index in [1.165, 1.54) is 35.1 Å². The zero-order chi connectivity index (χ0) is 16.0. The van der Waals surface area contributed by atoms with Crippen LogP contribution in [0.5, 0.6) is 0 Å². The standard InChI is InChI=1S/C19H34N2/c1-8-17(9-2)19(21(6)7)13-20-12-18-15(4)10-14(3)11-16(18)5/h10-11,17,19-20H,8-9,12-13H2,1-7H3. The van der Waals surface area contributed by atoms with Crippen LogP contribution in [0.3, 0.4) is 0 Å². The Kier molecular flexibility index (Phi) is 7.41. The summed E-state index contributed by atoms with van der Waals surface area (Å²) >= 11 is 0. The molecule has 0 bridgehead atoms. The molecule has 21 heavy (non-hydrogen) atoms. The van der Waals surface area contributed by atoms with Crippen LogP contribution in [0.4, 0.5) is 0 Å². The molecule has 0 aliphatic heterocycles. The van der Waals surface area contributed by atoms with Crippen LogP contribution >= 0.6 is 0 Å². The summed E-state index contributed by atoms with van der Waals surface area (Å²) in [5.74, 6) is 0.771. The third kappa shape index (κ3) is 5.12. The first-order valence-electron chi connectivity index (χ1n) is 8.34. The molecule has 1 N–H and O–H groups in total. The normalized spacial score (nSPS) is 13.2. The highest BCUT2D eigenvalue weighted by molar-refractivity contribution is 5.37. The Labute approximate surface area is 131 Å². The molecule has 0 radical (unpaired) electrons. The summed E-state index contributed by atoms with van der Waals surface area (Å²) in [6, 6.07) is 5.19. The van der Waals surface area contributed by atoms with Gasteiger partial charge in [0.2, 0.25) is 0 Å². The summed E-state index contributed by atoms with van der Waals surface area (Å²) in [6.45, 7) is 13.3. The molecule has 2 nitrogen and oxygen atoms in total. The summed E-state index contributed by atoms with van der Waals surface area (Å²) in [4.78, 5) is 2.37. The fourth-order valence-corrected chi connectivity index (χ4v) is 3.44. The van der Waals surface area contributed by atoms with E-state index < -0.39 is 0 Å². The van der Waals surface area contributed by atoms with Gasteiger partial charge < -0.3 is 10.2 Å². The van der Waals surface area contributed by atoms with Crippen LogP contribution in [0.2, 0.25) is 0 Å². The molecule has 0 amide bonds. The smallest absolute Gasteiger partial charge is 0.0242 e.